The summed E-state index contributed by atoms with van der Waals surface area (Å²) >= 11 is 0. The molecule has 0 heterocycles. The lowest BCUT2D eigenvalue weighted by atomic mass is 10.1. The molecule has 0 saturated carbocycles. The predicted octanol–water partition coefficient (Wildman–Crippen LogP) is 2.49. The molecule has 2 aromatic carbocycles. The maximum absolute atomic E-state index is 12.1. The largest absolute Gasteiger partial charge is 0.449 e. The van der Waals surface area contributed by atoms with Crippen molar-refractivity contribution >= 4 is 18.0 Å². The van der Waals surface area contributed by atoms with Crippen LogP contribution in [0, 0.1) is 11.3 Å². The van der Waals surface area contributed by atoms with Gasteiger partial charge in [-0.25, -0.2) is 4.79 Å². The first-order valence-corrected chi connectivity index (χ1v) is 7.80. The molecule has 2 aromatic rings. The predicted molar refractivity (Wildman–Crippen MR) is 94.1 cm³/mol. The Balaban J connectivity index is 2.04. The van der Waals surface area contributed by atoms with Crippen LogP contribution in [0.3, 0.4) is 0 Å². The summed E-state index contributed by atoms with van der Waals surface area (Å²) in [6.07, 6.45) is 3.32. The summed E-state index contributed by atoms with van der Waals surface area (Å²) in [5, 5.41) is 11.2. The minimum atomic E-state index is -0.858. The molecule has 0 bridgehead atoms. The van der Waals surface area contributed by atoms with Gasteiger partial charge in [0.15, 0.2) is 6.61 Å². The number of hydrogen-bond acceptors (Lipinski definition) is 4. The van der Waals surface area contributed by atoms with Gasteiger partial charge in [-0.3, -0.25) is 4.79 Å². The Morgan fingerprint density at radius 1 is 1.08 bits per heavy atom. The first kappa shape index (κ1) is 18.0. The van der Waals surface area contributed by atoms with E-state index >= 15 is 0 Å². The molecule has 25 heavy (non-hydrogen) atoms. The summed E-state index contributed by atoms with van der Waals surface area (Å²) in [5.74, 6) is -1.04. The van der Waals surface area contributed by atoms with Gasteiger partial charge in [0.05, 0.1) is 0 Å². The van der Waals surface area contributed by atoms with Crippen molar-refractivity contribution in [3.05, 3.63) is 77.9 Å². The lowest BCUT2D eigenvalue weighted by Crippen LogP contribution is -2.42. The molecule has 5 nitrogen and oxygen atoms in total. The fourth-order valence-corrected chi connectivity index (χ4v) is 2.20. The molecule has 1 atom stereocenters. The van der Waals surface area contributed by atoms with Crippen molar-refractivity contribution in [1.82, 2.24) is 5.32 Å². The van der Waals surface area contributed by atoms with Gasteiger partial charge in [0.1, 0.15) is 12.1 Å². The topological polar surface area (TPSA) is 79.2 Å². The molecule has 2 rings (SSSR count). The van der Waals surface area contributed by atoms with Crippen LogP contribution < -0.4 is 5.32 Å². The Morgan fingerprint density at radius 2 is 1.72 bits per heavy atom. The van der Waals surface area contributed by atoms with E-state index in [-0.39, 0.29) is 13.0 Å². The van der Waals surface area contributed by atoms with Crippen molar-refractivity contribution in [1.29, 1.82) is 5.26 Å². The highest BCUT2D eigenvalue weighted by Gasteiger charge is 2.21. The summed E-state index contributed by atoms with van der Waals surface area (Å²) < 4.78 is 4.85. The molecule has 0 saturated heterocycles. The van der Waals surface area contributed by atoms with Crippen LogP contribution in [0.25, 0.3) is 6.08 Å². The third-order valence-electron chi connectivity index (χ3n) is 3.39. The monoisotopic (exact) mass is 334 g/mol. The number of amides is 1. The van der Waals surface area contributed by atoms with E-state index in [2.05, 4.69) is 5.32 Å². The lowest BCUT2D eigenvalue weighted by Gasteiger charge is -2.16. The van der Waals surface area contributed by atoms with Gasteiger partial charge in [0.2, 0.25) is 5.91 Å². The summed E-state index contributed by atoms with van der Waals surface area (Å²) in [4.78, 5) is 24.2. The number of nitrogens with zero attached hydrogens (tertiary/aromatic N) is 1. The van der Waals surface area contributed by atoms with Crippen LogP contribution in [0.2, 0.25) is 0 Å². The van der Waals surface area contributed by atoms with E-state index in [0.717, 1.165) is 11.1 Å². The zero-order valence-corrected chi connectivity index (χ0v) is 13.6. The van der Waals surface area contributed by atoms with Gasteiger partial charge in [0.25, 0.3) is 0 Å². The van der Waals surface area contributed by atoms with E-state index in [1.807, 2.05) is 60.7 Å². The van der Waals surface area contributed by atoms with Crippen LogP contribution in [0.4, 0.5) is 0 Å². The maximum Gasteiger partial charge on any atom is 0.330 e. The molecule has 0 fully saturated rings. The zero-order chi connectivity index (χ0) is 17.9. The summed E-state index contributed by atoms with van der Waals surface area (Å²) in [5.41, 5.74) is 1.76. The van der Waals surface area contributed by atoms with Gasteiger partial charge in [-0.2, -0.15) is 5.26 Å². The van der Waals surface area contributed by atoms with Crippen molar-refractivity contribution in [3.8, 4) is 6.07 Å². The van der Waals surface area contributed by atoms with Crippen LogP contribution >= 0.6 is 0 Å². The quantitative estimate of drug-likeness (QED) is 0.623. The van der Waals surface area contributed by atoms with E-state index in [1.165, 1.54) is 6.08 Å². The highest BCUT2D eigenvalue weighted by molar-refractivity contribution is 5.94. The number of carbonyl (C=O) groups excluding carboxylic acids is 2. The Bertz CT molecular complexity index is 765. The van der Waals surface area contributed by atoms with Crippen molar-refractivity contribution in [3.63, 3.8) is 0 Å². The van der Waals surface area contributed by atoms with Gasteiger partial charge in [-0.05, 0) is 17.2 Å². The van der Waals surface area contributed by atoms with Crippen LogP contribution in [0.5, 0.6) is 0 Å². The number of hydrogen-bond donors (Lipinski definition) is 1. The molecule has 0 aliphatic carbocycles. The number of rotatable bonds is 7. The first-order chi connectivity index (χ1) is 12.2. The first-order valence-electron chi connectivity index (χ1n) is 7.80. The average molecular weight is 334 g/mol. The normalized spacial score (nSPS) is 11.5. The molecule has 1 amide bonds. The lowest BCUT2D eigenvalue weighted by molar-refractivity contribution is -0.146. The SMILES string of the molecule is N#CCOC(=O)[C@H](Cc1ccccc1)NC(=O)/C=C/c1ccccc1. The Morgan fingerprint density at radius 3 is 2.36 bits per heavy atom. The number of ether oxygens (including phenoxy) is 1. The molecule has 0 spiro atoms. The minimum Gasteiger partial charge on any atom is -0.449 e. The van der Waals surface area contributed by atoms with E-state index in [0.29, 0.717) is 0 Å². The maximum atomic E-state index is 12.1. The van der Waals surface area contributed by atoms with Crippen LogP contribution in [0.1, 0.15) is 11.1 Å². The molecule has 126 valence electrons. The third kappa shape index (κ3) is 6.32. The Labute approximate surface area is 146 Å². The second-order valence-electron chi connectivity index (χ2n) is 5.26. The van der Waals surface area contributed by atoms with Gasteiger partial charge in [-0.15, -0.1) is 0 Å². The molecule has 0 unspecified atom stereocenters. The van der Waals surface area contributed by atoms with E-state index < -0.39 is 17.9 Å². The van der Waals surface area contributed by atoms with Gasteiger partial charge < -0.3 is 10.1 Å². The Kier molecular flexibility index (Phi) is 6.95. The highest BCUT2D eigenvalue weighted by atomic mass is 16.5. The van der Waals surface area contributed by atoms with Crippen molar-refractivity contribution in [2.45, 2.75) is 12.5 Å². The second kappa shape index (κ2) is 9.68. The van der Waals surface area contributed by atoms with E-state index in [4.69, 9.17) is 10.00 Å². The molecule has 1 N–H and O–H groups in total. The molecule has 0 aromatic heterocycles. The summed E-state index contributed by atoms with van der Waals surface area (Å²) in [6.45, 7) is -0.347. The van der Waals surface area contributed by atoms with Gasteiger partial charge in [-0.1, -0.05) is 60.7 Å². The molecular formula is C20H18N2O3. The van der Waals surface area contributed by atoms with Crippen LogP contribution in [-0.4, -0.2) is 24.5 Å². The minimum absolute atomic E-state index is 0.288. The van der Waals surface area contributed by atoms with E-state index in [9.17, 15) is 9.59 Å². The molecule has 0 aliphatic rings. The summed E-state index contributed by atoms with van der Waals surface area (Å²) in [6, 6.07) is 19.5. The summed E-state index contributed by atoms with van der Waals surface area (Å²) in [7, 11) is 0. The molecule has 5 heteroatoms. The van der Waals surface area contributed by atoms with Gasteiger partial charge >= 0.3 is 5.97 Å². The fraction of sp³-hybridized carbons (Fsp3) is 0.150. The highest BCUT2D eigenvalue weighted by Crippen LogP contribution is 2.06. The van der Waals surface area contributed by atoms with Crippen molar-refractivity contribution < 1.29 is 14.3 Å². The standard InChI is InChI=1S/C20H18N2O3/c21-13-14-25-20(24)18(15-17-9-5-2-6-10-17)22-19(23)12-11-16-7-3-1-4-8-16/h1-12,18H,14-15H2,(H,22,23)/b12-11+/t18-/m0/s1. The average Bonchev–Trinajstić information content (AvgIpc) is 2.65. The van der Waals surface area contributed by atoms with Crippen LogP contribution in [-0.2, 0) is 20.7 Å². The molecule has 0 aliphatic heterocycles. The van der Waals surface area contributed by atoms with E-state index in [1.54, 1.807) is 12.1 Å². The van der Waals surface area contributed by atoms with Crippen LogP contribution in [0.15, 0.2) is 66.7 Å². The third-order valence-corrected chi connectivity index (χ3v) is 3.39. The number of esters is 1. The second-order valence-corrected chi connectivity index (χ2v) is 5.26. The Hall–Kier alpha value is -3.39. The number of nitrogens with one attached hydrogen (secondary N) is 1. The number of carbonyl (C=O) groups is 2. The smallest absolute Gasteiger partial charge is 0.330 e. The fourth-order valence-electron chi connectivity index (χ4n) is 2.20. The van der Waals surface area contributed by atoms with Crippen molar-refractivity contribution in [2.24, 2.45) is 0 Å². The molecular weight excluding hydrogens is 316 g/mol. The van der Waals surface area contributed by atoms with Crippen molar-refractivity contribution in [2.75, 3.05) is 6.61 Å². The molecule has 0 radical (unpaired) electrons. The number of benzene rings is 2. The number of nitriles is 1. The van der Waals surface area contributed by atoms with Gasteiger partial charge in [0, 0.05) is 12.5 Å². The zero-order valence-electron chi connectivity index (χ0n) is 13.6.